The van der Waals surface area contributed by atoms with Crippen LogP contribution in [0, 0.1) is 5.92 Å². The summed E-state index contributed by atoms with van der Waals surface area (Å²) in [6.45, 7) is 0.819. The van der Waals surface area contributed by atoms with Gasteiger partial charge in [-0.25, -0.2) is 0 Å². The van der Waals surface area contributed by atoms with Crippen molar-refractivity contribution in [2.75, 3.05) is 16.8 Å². The molecule has 5 nitrogen and oxygen atoms in total. The molecule has 1 aliphatic carbocycles. The average molecular weight is 398 g/mol. The molecule has 4 rings (SSSR count). The Kier molecular flexibility index (Phi) is 5.27. The second kappa shape index (κ2) is 7.84. The lowest BCUT2D eigenvalue weighted by molar-refractivity contribution is -0.119. The summed E-state index contributed by atoms with van der Waals surface area (Å²) < 4.78 is 0. The second-order valence-corrected chi connectivity index (χ2v) is 8.16. The minimum absolute atomic E-state index is 0.206. The van der Waals surface area contributed by atoms with Crippen molar-refractivity contribution in [3.05, 3.63) is 58.6 Å². The van der Waals surface area contributed by atoms with Crippen LogP contribution in [0.3, 0.4) is 0 Å². The highest BCUT2D eigenvalue weighted by atomic mass is 35.5. The van der Waals surface area contributed by atoms with E-state index in [0.29, 0.717) is 23.8 Å². The number of nitrogens with one attached hydrogen (secondary N) is 1. The van der Waals surface area contributed by atoms with Crippen molar-refractivity contribution in [2.24, 2.45) is 11.7 Å². The molecule has 0 saturated heterocycles. The lowest BCUT2D eigenvalue weighted by Crippen LogP contribution is -2.38. The number of hydrogen-bond donors (Lipinski definition) is 2. The molecule has 0 aromatic heterocycles. The Morgan fingerprint density at radius 1 is 1.18 bits per heavy atom. The fourth-order valence-corrected chi connectivity index (χ4v) is 3.81. The Morgan fingerprint density at radius 3 is 2.61 bits per heavy atom. The normalized spacial score (nSPS) is 17.2. The predicted molar refractivity (Wildman–Crippen MR) is 112 cm³/mol. The maximum Gasteiger partial charge on any atom is 0.240 e. The zero-order valence-electron chi connectivity index (χ0n) is 15.7. The van der Waals surface area contributed by atoms with E-state index in [1.165, 1.54) is 12.8 Å². The van der Waals surface area contributed by atoms with Crippen molar-refractivity contribution in [1.29, 1.82) is 0 Å². The number of carbonyl (C=O) groups excluding carboxylic acids is 2. The van der Waals surface area contributed by atoms with E-state index in [0.717, 1.165) is 35.5 Å². The average Bonchev–Trinajstić information content (AvgIpc) is 3.49. The molecule has 2 amide bonds. The quantitative estimate of drug-likeness (QED) is 0.750. The molecule has 2 aromatic rings. The molecular formula is C22H24ClN3O2. The van der Waals surface area contributed by atoms with Crippen molar-refractivity contribution in [3.8, 4) is 0 Å². The smallest absolute Gasteiger partial charge is 0.240 e. The van der Waals surface area contributed by atoms with Crippen LogP contribution in [0.25, 0.3) is 0 Å². The first-order chi connectivity index (χ1) is 13.5. The van der Waals surface area contributed by atoms with Crippen LogP contribution in [0.15, 0.2) is 42.5 Å². The lowest BCUT2D eigenvalue weighted by Gasteiger charge is -2.30. The van der Waals surface area contributed by atoms with Gasteiger partial charge in [-0.05, 0) is 66.6 Å². The molecule has 0 spiro atoms. The number of rotatable bonds is 7. The van der Waals surface area contributed by atoms with Crippen molar-refractivity contribution in [2.45, 2.75) is 38.1 Å². The number of anilines is 2. The molecule has 1 heterocycles. The third-order valence-corrected chi connectivity index (χ3v) is 5.71. The molecule has 2 aromatic carbocycles. The number of amides is 2. The number of hydrogen-bond acceptors (Lipinski definition) is 3. The summed E-state index contributed by atoms with van der Waals surface area (Å²) in [7, 11) is 0. The van der Waals surface area contributed by atoms with Gasteiger partial charge in [0.05, 0.1) is 0 Å². The number of aryl methyl sites for hydroxylation is 1. The fraction of sp³-hybridized carbons (Fsp3) is 0.364. The summed E-state index contributed by atoms with van der Waals surface area (Å²) in [5.41, 5.74) is 9.59. The highest BCUT2D eigenvalue weighted by molar-refractivity contribution is 6.30. The van der Waals surface area contributed by atoms with Gasteiger partial charge in [0, 0.05) is 35.8 Å². The summed E-state index contributed by atoms with van der Waals surface area (Å²) in [5, 5.41) is 3.92. The Balaban J connectivity index is 1.51. The SMILES string of the molecule is NC(=O)C(Cc1ccc(Cl)cc1)Nc1ccc2c(c1)CCC(=O)N2CC1CC1. The van der Waals surface area contributed by atoms with Crippen LogP contribution in [-0.4, -0.2) is 24.4 Å². The van der Waals surface area contributed by atoms with Crippen molar-refractivity contribution >= 4 is 34.8 Å². The number of primary amides is 1. The lowest BCUT2D eigenvalue weighted by atomic mass is 9.99. The minimum atomic E-state index is -0.521. The summed E-state index contributed by atoms with van der Waals surface area (Å²) >= 11 is 5.93. The predicted octanol–water partition coefficient (Wildman–Crippen LogP) is 3.54. The first-order valence-electron chi connectivity index (χ1n) is 9.73. The number of benzene rings is 2. The van der Waals surface area contributed by atoms with Crippen LogP contribution in [0.4, 0.5) is 11.4 Å². The maximum atomic E-state index is 12.3. The van der Waals surface area contributed by atoms with Crippen LogP contribution in [0.5, 0.6) is 0 Å². The van der Waals surface area contributed by atoms with Gasteiger partial charge < -0.3 is 16.0 Å². The summed E-state index contributed by atoms with van der Waals surface area (Å²) in [6.07, 6.45) is 4.17. The number of carbonyl (C=O) groups is 2. The Bertz CT molecular complexity index is 893. The Morgan fingerprint density at radius 2 is 1.93 bits per heavy atom. The van der Waals surface area contributed by atoms with Crippen LogP contribution in [0.2, 0.25) is 5.02 Å². The van der Waals surface area contributed by atoms with Gasteiger partial charge in [-0.3, -0.25) is 9.59 Å². The molecule has 28 heavy (non-hydrogen) atoms. The Hall–Kier alpha value is -2.53. The zero-order chi connectivity index (χ0) is 19.7. The molecule has 1 aliphatic heterocycles. The molecule has 3 N–H and O–H groups in total. The van der Waals surface area contributed by atoms with Gasteiger partial charge >= 0.3 is 0 Å². The highest BCUT2D eigenvalue weighted by Crippen LogP contribution is 2.36. The topological polar surface area (TPSA) is 75.4 Å². The molecule has 1 atom stereocenters. The van der Waals surface area contributed by atoms with Crippen molar-refractivity contribution < 1.29 is 9.59 Å². The van der Waals surface area contributed by atoms with Gasteiger partial charge in [0.25, 0.3) is 0 Å². The molecule has 1 fully saturated rings. The largest absolute Gasteiger partial charge is 0.373 e. The summed E-state index contributed by atoms with van der Waals surface area (Å²) in [4.78, 5) is 26.2. The standard InChI is InChI=1S/C22H24ClN3O2/c23-17-6-3-14(4-7-17)11-19(22(24)28)25-18-8-9-20-16(12-18)5-10-21(27)26(20)13-15-1-2-15/h3-4,6-9,12,15,19,25H,1-2,5,10-11,13H2,(H2,24,28). The van der Waals surface area contributed by atoms with Gasteiger partial charge in [-0.1, -0.05) is 23.7 Å². The highest BCUT2D eigenvalue weighted by Gasteiger charge is 2.31. The van der Waals surface area contributed by atoms with Crippen molar-refractivity contribution in [3.63, 3.8) is 0 Å². The molecule has 1 saturated carbocycles. The molecular weight excluding hydrogens is 374 g/mol. The molecule has 0 radical (unpaired) electrons. The number of halogens is 1. The van der Waals surface area contributed by atoms with Gasteiger partial charge in [0.2, 0.25) is 11.8 Å². The molecule has 1 unspecified atom stereocenters. The Labute approximate surface area is 169 Å². The maximum absolute atomic E-state index is 12.3. The van der Waals surface area contributed by atoms with E-state index in [9.17, 15) is 9.59 Å². The van der Waals surface area contributed by atoms with Crippen LogP contribution in [-0.2, 0) is 22.4 Å². The number of nitrogens with two attached hydrogens (primary N) is 1. The van der Waals surface area contributed by atoms with E-state index in [4.69, 9.17) is 17.3 Å². The van der Waals surface area contributed by atoms with Gasteiger partial charge in [-0.2, -0.15) is 0 Å². The van der Waals surface area contributed by atoms with Crippen molar-refractivity contribution in [1.82, 2.24) is 0 Å². The fourth-order valence-electron chi connectivity index (χ4n) is 3.69. The first kappa shape index (κ1) is 18.8. The van der Waals surface area contributed by atoms with Gasteiger partial charge in [0.15, 0.2) is 0 Å². The van der Waals surface area contributed by atoms with Gasteiger partial charge in [0.1, 0.15) is 6.04 Å². The van der Waals surface area contributed by atoms with E-state index in [1.54, 1.807) is 12.1 Å². The molecule has 0 bridgehead atoms. The van der Waals surface area contributed by atoms with Crippen LogP contribution < -0.4 is 16.0 Å². The third kappa shape index (κ3) is 4.30. The number of nitrogens with zero attached hydrogens (tertiary/aromatic N) is 1. The van der Waals surface area contributed by atoms with E-state index < -0.39 is 11.9 Å². The van der Waals surface area contributed by atoms with E-state index in [2.05, 4.69) is 5.32 Å². The second-order valence-electron chi connectivity index (χ2n) is 7.72. The van der Waals surface area contributed by atoms with E-state index in [-0.39, 0.29) is 5.91 Å². The van der Waals surface area contributed by atoms with Gasteiger partial charge in [-0.15, -0.1) is 0 Å². The third-order valence-electron chi connectivity index (χ3n) is 5.45. The van der Waals surface area contributed by atoms with E-state index in [1.807, 2.05) is 35.2 Å². The molecule has 2 aliphatic rings. The van der Waals surface area contributed by atoms with E-state index >= 15 is 0 Å². The van der Waals surface area contributed by atoms with Crippen LogP contribution >= 0.6 is 11.6 Å². The monoisotopic (exact) mass is 397 g/mol. The summed E-state index contributed by atoms with van der Waals surface area (Å²) in [5.74, 6) is 0.447. The zero-order valence-corrected chi connectivity index (χ0v) is 16.4. The summed E-state index contributed by atoms with van der Waals surface area (Å²) in [6, 6.07) is 12.8. The number of fused-ring (bicyclic) bond motifs is 1. The van der Waals surface area contributed by atoms with Crippen LogP contribution in [0.1, 0.15) is 30.4 Å². The minimum Gasteiger partial charge on any atom is -0.373 e. The molecule has 6 heteroatoms. The molecule has 146 valence electrons. The first-order valence-corrected chi connectivity index (χ1v) is 10.1.